The average Bonchev–Trinajstić information content (AvgIpc) is 3.52. The Kier molecular flexibility index (Phi) is 9.04. The monoisotopic (exact) mass is 788 g/mol. The Bertz CT molecular complexity index is 2170. The Balaban J connectivity index is 1.48. The van der Waals surface area contributed by atoms with Gasteiger partial charge in [-0.25, -0.2) is 9.78 Å². The highest BCUT2D eigenvalue weighted by atomic mass is 35.5. The third kappa shape index (κ3) is 5.36. The first-order valence-electron chi connectivity index (χ1n) is 16.3. The van der Waals surface area contributed by atoms with E-state index in [1.807, 2.05) is 0 Å². The van der Waals surface area contributed by atoms with E-state index in [2.05, 4.69) is 10.4 Å². The third-order valence-electron chi connectivity index (χ3n) is 10.8. The predicted molar refractivity (Wildman–Crippen MR) is 182 cm³/mol. The van der Waals surface area contributed by atoms with Crippen molar-refractivity contribution in [2.24, 2.45) is 23.7 Å². The standard InChI is InChI=1S/C36H29Cl2F3N4O9/c1-52-18-11-24(46)27(25(12-18)53-2)28-19-8-9-20-26(32(49)44(30(20)47)34(51)54-3)21(19)13-22-31(48)45(33(50)35(22,28)15-4-6-17(37)7-5-15)43-29-23(38)10-16(14-42-29)36(39,40)41/h4-8,10-12,14,20-22,26,28,46H,9,13H2,1-3H3,(H,42,43)/t20-,21+,22-,26-,28+,35+/m0/s1. The maximum Gasteiger partial charge on any atom is 0.423 e. The van der Waals surface area contributed by atoms with Crippen molar-refractivity contribution in [3.05, 3.63) is 87.0 Å². The van der Waals surface area contributed by atoms with E-state index in [0.29, 0.717) is 27.7 Å². The van der Waals surface area contributed by atoms with Gasteiger partial charge in [0.05, 0.1) is 55.1 Å². The maximum atomic E-state index is 15.3. The highest BCUT2D eigenvalue weighted by Gasteiger charge is 2.71. The molecule has 7 rings (SSSR count). The van der Waals surface area contributed by atoms with Crippen LogP contribution in [0.3, 0.4) is 0 Å². The smallest absolute Gasteiger partial charge is 0.423 e. The predicted octanol–water partition coefficient (Wildman–Crippen LogP) is 5.88. The van der Waals surface area contributed by atoms with E-state index < -0.39 is 93.1 Å². The molecule has 1 saturated carbocycles. The number of ether oxygens (including phenoxy) is 3. The Morgan fingerprint density at radius 2 is 1.69 bits per heavy atom. The quantitative estimate of drug-likeness (QED) is 0.226. The number of aromatic nitrogens is 1. The van der Waals surface area contributed by atoms with E-state index in [0.717, 1.165) is 7.11 Å². The number of fused-ring (bicyclic) bond motifs is 4. The molecule has 2 aliphatic heterocycles. The summed E-state index contributed by atoms with van der Waals surface area (Å²) in [5.74, 6) is -9.90. The average molecular weight is 790 g/mol. The number of phenols is 1. The maximum absolute atomic E-state index is 15.3. The van der Waals surface area contributed by atoms with Crippen molar-refractivity contribution in [2.45, 2.75) is 30.4 Å². The highest BCUT2D eigenvalue weighted by Crippen LogP contribution is 2.66. The van der Waals surface area contributed by atoms with Crippen molar-refractivity contribution in [1.29, 1.82) is 0 Å². The number of anilines is 1. The van der Waals surface area contributed by atoms with Gasteiger partial charge in [0, 0.05) is 34.8 Å². The highest BCUT2D eigenvalue weighted by molar-refractivity contribution is 6.33. The zero-order valence-corrected chi connectivity index (χ0v) is 30.0. The number of imide groups is 4. The molecular weight excluding hydrogens is 760 g/mol. The van der Waals surface area contributed by atoms with E-state index in [9.17, 15) is 37.5 Å². The number of nitrogens with one attached hydrogen (secondary N) is 1. The lowest BCUT2D eigenvalue weighted by molar-refractivity contribution is -0.140. The number of hydrogen-bond donors (Lipinski definition) is 2. The van der Waals surface area contributed by atoms with Crippen LogP contribution >= 0.6 is 23.2 Å². The van der Waals surface area contributed by atoms with Gasteiger partial charge in [-0.15, -0.1) is 0 Å². The van der Waals surface area contributed by atoms with Gasteiger partial charge in [0.25, 0.3) is 11.8 Å². The molecule has 5 amide bonds. The van der Waals surface area contributed by atoms with Gasteiger partial charge in [0.15, 0.2) is 5.82 Å². The van der Waals surface area contributed by atoms with E-state index in [1.165, 1.54) is 50.6 Å². The number of carbonyl (C=O) groups is 5. The zero-order valence-electron chi connectivity index (χ0n) is 28.4. The first-order valence-corrected chi connectivity index (χ1v) is 17.1. The zero-order chi connectivity index (χ0) is 39.0. The van der Waals surface area contributed by atoms with Crippen molar-refractivity contribution in [3.63, 3.8) is 0 Å². The molecule has 2 N–H and O–H groups in total. The molecular formula is C36H29Cl2F3N4O9. The molecule has 0 spiro atoms. The van der Waals surface area contributed by atoms with Crippen LogP contribution in [0.2, 0.25) is 10.0 Å². The van der Waals surface area contributed by atoms with Crippen LogP contribution in [0.1, 0.15) is 35.4 Å². The Morgan fingerprint density at radius 3 is 2.30 bits per heavy atom. The Morgan fingerprint density at radius 1 is 0.981 bits per heavy atom. The van der Waals surface area contributed by atoms with Crippen molar-refractivity contribution in [1.82, 2.24) is 14.9 Å². The second kappa shape index (κ2) is 13.2. The minimum Gasteiger partial charge on any atom is -0.507 e. The van der Waals surface area contributed by atoms with Crippen LogP contribution in [-0.2, 0) is 35.5 Å². The molecule has 3 fully saturated rings. The van der Waals surface area contributed by atoms with Crippen LogP contribution in [0, 0.1) is 23.7 Å². The first-order chi connectivity index (χ1) is 25.6. The summed E-state index contributed by atoms with van der Waals surface area (Å²) in [7, 11) is 3.70. The van der Waals surface area contributed by atoms with Gasteiger partial charge in [-0.2, -0.15) is 23.1 Å². The number of methoxy groups -OCH3 is 3. The number of hydrogen-bond acceptors (Lipinski definition) is 11. The number of halogens is 5. The van der Waals surface area contributed by atoms with E-state index in [4.69, 9.17) is 37.4 Å². The molecule has 3 aromatic rings. The normalized spacial score (nSPS) is 26.2. The molecule has 18 heteroatoms. The SMILES string of the molecule is COC(=O)N1C(=O)[C@H]2[C@H](CC=C3[C@H]2C[C@H]2C(=O)N(Nc4ncc(C(F)(F)F)cc4Cl)C(=O)[C@@]2(c2ccc(Cl)cc2)[C@H]3c2c(O)cc(OC)cc2OC)C1=O. The lowest BCUT2D eigenvalue weighted by Gasteiger charge is -2.50. The molecule has 0 radical (unpaired) electrons. The molecule has 2 aliphatic carbocycles. The summed E-state index contributed by atoms with van der Waals surface area (Å²) in [6.45, 7) is 0. The number of likely N-dealkylation sites (tertiary alicyclic amines) is 1. The van der Waals surface area contributed by atoms with E-state index in [1.54, 1.807) is 6.08 Å². The van der Waals surface area contributed by atoms with Crippen molar-refractivity contribution >= 4 is 58.7 Å². The number of aromatic hydroxyl groups is 1. The largest absolute Gasteiger partial charge is 0.507 e. The van der Waals surface area contributed by atoms with Gasteiger partial charge in [-0.3, -0.25) is 24.6 Å². The summed E-state index contributed by atoms with van der Waals surface area (Å²) in [5.41, 5.74) is 0.0658. The summed E-state index contributed by atoms with van der Waals surface area (Å²) in [4.78, 5) is 74.4. The van der Waals surface area contributed by atoms with Gasteiger partial charge in [0.1, 0.15) is 17.2 Å². The number of allylic oxidation sites excluding steroid dienone is 2. The summed E-state index contributed by atoms with van der Waals surface area (Å²) in [6, 6.07) is 9.39. The van der Waals surface area contributed by atoms with Crippen molar-refractivity contribution in [3.8, 4) is 17.2 Å². The first kappa shape index (κ1) is 37.0. The number of carbonyl (C=O) groups excluding carboxylic acids is 5. The summed E-state index contributed by atoms with van der Waals surface area (Å²) in [5, 5.41) is 12.1. The number of amides is 5. The molecule has 3 heterocycles. The molecule has 4 aliphatic rings. The van der Waals surface area contributed by atoms with Crippen LogP contribution in [0.15, 0.2) is 60.3 Å². The lowest BCUT2D eigenvalue weighted by Crippen LogP contribution is -2.53. The summed E-state index contributed by atoms with van der Waals surface area (Å²) in [6.07, 6.45) is -4.10. The second-order valence-corrected chi connectivity index (χ2v) is 14.0. The third-order valence-corrected chi connectivity index (χ3v) is 11.3. The van der Waals surface area contributed by atoms with Gasteiger partial charge in [-0.1, -0.05) is 47.0 Å². The molecule has 282 valence electrons. The molecule has 54 heavy (non-hydrogen) atoms. The van der Waals surface area contributed by atoms with Crippen LogP contribution in [0.25, 0.3) is 0 Å². The van der Waals surface area contributed by atoms with Gasteiger partial charge >= 0.3 is 12.3 Å². The molecule has 2 saturated heterocycles. The Labute approximate surface area is 314 Å². The number of rotatable bonds is 6. The fourth-order valence-electron chi connectivity index (χ4n) is 8.53. The number of phenolic OH excluding ortho intramolecular Hbond substituents is 1. The van der Waals surface area contributed by atoms with E-state index in [-0.39, 0.29) is 40.5 Å². The molecule has 0 bridgehead atoms. The lowest BCUT2D eigenvalue weighted by atomic mass is 9.49. The number of hydrazine groups is 1. The van der Waals surface area contributed by atoms with Gasteiger partial charge in [-0.05, 0) is 42.5 Å². The van der Waals surface area contributed by atoms with Gasteiger partial charge < -0.3 is 19.3 Å². The second-order valence-electron chi connectivity index (χ2n) is 13.2. The molecule has 13 nitrogen and oxygen atoms in total. The number of alkyl halides is 3. The fraction of sp³-hybridized carbons (Fsp3) is 0.333. The van der Waals surface area contributed by atoms with Crippen molar-refractivity contribution < 1.29 is 56.5 Å². The van der Waals surface area contributed by atoms with Crippen molar-refractivity contribution in [2.75, 3.05) is 26.8 Å². The Hall–Kier alpha value is -5.35. The minimum atomic E-state index is -4.79. The minimum absolute atomic E-state index is 0.0305. The molecule has 1 aromatic heterocycles. The molecule has 2 aromatic carbocycles. The number of nitrogens with zero attached hydrogens (tertiary/aromatic N) is 3. The molecule has 0 unspecified atom stereocenters. The topological polar surface area (TPSA) is 165 Å². The summed E-state index contributed by atoms with van der Waals surface area (Å²) >= 11 is 12.5. The van der Waals surface area contributed by atoms with Crippen LogP contribution in [0.4, 0.5) is 23.8 Å². The van der Waals surface area contributed by atoms with Crippen LogP contribution in [-0.4, -0.2) is 71.1 Å². The van der Waals surface area contributed by atoms with Crippen LogP contribution < -0.4 is 14.9 Å². The van der Waals surface area contributed by atoms with E-state index >= 15 is 4.79 Å². The number of benzene rings is 2. The fourth-order valence-corrected chi connectivity index (χ4v) is 8.87. The number of pyridine rings is 1. The van der Waals surface area contributed by atoms with Gasteiger partial charge in [0.2, 0.25) is 11.8 Å². The summed E-state index contributed by atoms with van der Waals surface area (Å²) < 4.78 is 56.2. The molecule has 6 atom stereocenters. The van der Waals surface area contributed by atoms with Crippen LogP contribution in [0.5, 0.6) is 17.2 Å².